The number of rotatable bonds is 2. The average molecular weight is 318 g/mol. The summed E-state index contributed by atoms with van der Waals surface area (Å²) in [5.41, 5.74) is 4.60. The molecule has 1 aliphatic carbocycles. The van der Waals surface area contributed by atoms with Crippen LogP contribution >= 0.6 is 12.4 Å². The lowest BCUT2D eigenvalue weighted by Gasteiger charge is -2.34. The fourth-order valence-corrected chi connectivity index (χ4v) is 4.64. The molecular formula is C20H28ClN. The Hall–Kier alpha value is -0.790. The van der Waals surface area contributed by atoms with Gasteiger partial charge in [-0.05, 0) is 74.6 Å². The van der Waals surface area contributed by atoms with Crippen molar-refractivity contribution in [1.82, 2.24) is 4.90 Å². The minimum atomic E-state index is 0. The fraction of sp³-hybridized carbons (Fsp3) is 0.600. The number of hydrogen-bond donors (Lipinski definition) is 0. The van der Waals surface area contributed by atoms with E-state index in [9.17, 15) is 0 Å². The van der Waals surface area contributed by atoms with Gasteiger partial charge in [-0.15, -0.1) is 12.4 Å². The lowest BCUT2D eigenvalue weighted by molar-refractivity contribution is 0.150. The molecule has 2 fully saturated rings. The molecule has 120 valence electrons. The van der Waals surface area contributed by atoms with E-state index < -0.39 is 0 Å². The molecule has 2 heteroatoms. The van der Waals surface area contributed by atoms with Crippen LogP contribution < -0.4 is 0 Å². The van der Waals surface area contributed by atoms with Gasteiger partial charge in [0.1, 0.15) is 0 Å². The van der Waals surface area contributed by atoms with Crippen LogP contribution in [-0.4, -0.2) is 17.5 Å². The van der Waals surface area contributed by atoms with E-state index in [-0.39, 0.29) is 12.4 Å². The van der Waals surface area contributed by atoms with Crippen LogP contribution in [0.5, 0.6) is 0 Å². The van der Waals surface area contributed by atoms with Crippen LogP contribution in [-0.2, 0) is 0 Å². The first-order valence-corrected chi connectivity index (χ1v) is 8.97. The van der Waals surface area contributed by atoms with E-state index >= 15 is 0 Å². The van der Waals surface area contributed by atoms with Crippen molar-refractivity contribution in [1.29, 1.82) is 0 Å². The molecule has 0 amide bonds. The smallest absolute Gasteiger partial charge is 0.0351 e. The second-order valence-electron chi connectivity index (χ2n) is 7.08. The highest BCUT2D eigenvalue weighted by Crippen LogP contribution is 2.40. The number of benzene rings is 1. The summed E-state index contributed by atoms with van der Waals surface area (Å²) in [6.07, 6.45) is 14.8. The largest absolute Gasteiger partial charge is 0.293 e. The summed E-state index contributed by atoms with van der Waals surface area (Å²) in [5.74, 6) is 0. The minimum Gasteiger partial charge on any atom is -0.293 e. The molecule has 0 radical (unpaired) electrons. The summed E-state index contributed by atoms with van der Waals surface area (Å²) in [7, 11) is 0. The predicted octanol–water partition coefficient (Wildman–Crippen LogP) is 5.76. The van der Waals surface area contributed by atoms with E-state index in [1.165, 1.54) is 69.9 Å². The van der Waals surface area contributed by atoms with Crippen LogP contribution in [0.2, 0.25) is 0 Å². The summed E-state index contributed by atoms with van der Waals surface area (Å²) in [6.45, 7) is 1.32. The predicted molar refractivity (Wildman–Crippen MR) is 96.5 cm³/mol. The van der Waals surface area contributed by atoms with Gasteiger partial charge >= 0.3 is 0 Å². The third kappa shape index (κ3) is 3.12. The number of nitrogens with zero attached hydrogens (tertiary/aromatic N) is 1. The van der Waals surface area contributed by atoms with Crippen LogP contribution in [0, 0.1) is 0 Å². The Bertz CT molecular complexity index is 519. The van der Waals surface area contributed by atoms with Gasteiger partial charge in [-0.25, -0.2) is 0 Å². The Morgan fingerprint density at radius 1 is 0.864 bits per heavy atom. The van der Waals surface area contributed by atoms with Gasteiger partial charge in [0.15, 0.2) is 0 Å². The van der Waals surface area contributed by atoms with Crippen molar-refractivity contribution in [2.45, 2.75) is 69.9 Å². The molecule has 2 unspecified atom stereocenters. The van der Waals surface area contributed by atoms with Gasteiger partial charge in [0.05, 0.1) is 0 Å². The van der Waals surface area contributed by atoms with E-state index in [1.807, 2.05) is 0 Å². The van der Waals surface area contributed by atoms with E-state index in [4.69, 9.17) is 0 Å². The van der Waals surface area contributed by atoms with Crippen molar-refractivity contribution in [3.63, 3.8) is 0 Å². The number of allylic oxidation sites excluding steroid dienone is 2. The van der Waals surface area contributed by atoms with Crippen LogP contribution in [0.4, 0.5) is 0 Å². The van der Waals surface area contributed by atoms with E-state index in [1.54, 1.807) is 11.1 Å². The quantitative estimate of drug-likeness (QED) is 0.670. The van der Waals surface area contributed by atoms with Crippen molar-refractivity contribution in [2.75, 3.05) is 6.54 Å². The zero-order valence-corrected chi connectivity index (χ0v) is 14.3. The third-order valence-electron chi connectivity index (χ3n) is 5.80. The van der Waals surface area contributed by atoms with Crippen molar-refractivity contribution < 1.29 is 0 Å². The Balaban J connectivity index is 0.00000144. The molecule has 0 aromatic heterocycles. The molecule has 1 aromatic carbocycles. The van der Waals surface area contributed by atoms with Gasteiger partial charge < -0.3 is 0 Å². The maximum atomic E-state index is 2.79. The van der Waals surface area contributed by atoms with Crippen molar-refractivity contribution in [3.05, 3.63) is 41.5 Å². The molecular weight excluding hydrogens is 290 g/mol. The fourth-order valence-electron chi connectivity index (χ4n) is 4.64. The molecule has 2 heterocycles. The molecule has 1 nitrogen and oxygen atoms in total. The molecule has 3 aliphatic rings. The Kier molecular flexibility index (Phi) is 5.25. The highest BCUT2D eigenvalue weighted by atomic mass is 35.5. The van der Waals surface area contributed by atoms with Gasteiger partial charge in [-0.3, -0.25) is 4.90 Å². The Morgan fingerprint density at radius 3 is 2.50 bits per heavy atom. The number of halogens is 1. The molecule has 0 spiro atoms. The second-order valence-corrected chi connectivity index (χ2v) is 7.08. The van der Waals surface area contributed by atoms with E-state index in [0.717, 1.165) is 6.04 Å². The first-order chi connectivity index (χ1) is 10.4. The number of piperidine rings is 1. The first-order valence-electron chi connectivity index (χ1n) is 8.97. The van der Waals surface area contributed by atoms with Crippen molar-refractivity contribution >= 4 is 18.0 Å². The molecule has 2 atom stereocenters. The van der Waals surface area contributed by atoms with Gasteiger partial charge in [-0.2, -0.15) is 0 Å². The van der Waals surface area contributed by atoms with Gasteiger partial charge in [0.2, 0.25) is 0 Å². The maximum absolute atomic E-state index is 2.79. The van der Waals surface area contributed by atoms with Crippen LogP contribution in [0.3, 0.4) is 0 Å². The van der Waals surface area contributed by atoms with Gasteiger partial charge in [-0.1, -0.05) is 36.8 Å². The summed E-state index contributed by atoms with van der Waals surface area (Å²) in [6, 6.07) is 11.2. The molecule has 1 aromatic rings. The molecule has 0 bridgehead atoms. The Morgan fingerprint density at radius 2 is 1.73 bits per heavy atom. The summed E-state index contributed by atoms with van der Waals surface area (Å²) < 4.78 is 0. The Labute approximate surface area is 141 Å². The monoisotopic (exact) mass is 317 g/mol. The molecule has 4 rings (SSSR count). The van der Waals surface area contributed by atoms with Crippen molar-refractivity contribution in [3.8, 4) is 0 Å². The SMILES string of the molecule is C1=C(c2ccc(C3CCC4CCCCN43)cc2)CCCC1.Cl. The molecule has 2 saturated heterocycles. The third-order valence-corrected chi connectivity index (χ3v) is 5.80. The summed E-state index contributed by atoms with van der Waals surface area (Å²) >= 11 is 0. The lowest BCUT2D eigenvalue weighted by atomic mass is 9.92. The standard InChI is InChI=1S/C20H27N.ClH/c1-2-6-16(7-3-1)17-9-11-18(12-10-17)20-14-13-19-8-4-5-15-21(19)20;/h6,9-12,19-20H,1-5,7-8,13-15H2;1H. The topological polar surface area (TPSA) is 3.24 Å². The average Bonchev–Trinajstić information content (AvgIpc) is 3.00. The highest BCUT2D eigenvalue weighted by Gasteiger charge is 2.35. The summed E-state index contributed by atoms with van der Waals surface area (Å²) in [4.78, 5) is 2.79. The van der Waals surface area contributed by atoms with E-state index in [0.29, 0.717) is 6.04 Å². The van der Waals surface area contributed by atoms with Crippen LogP contribution in [0.1, 0.15) is 75.0 Å². The number of fused-ring (bicyclic) bond motifs is 1. The molecule has 22 heavy (non-hydrogen) atoms. The van der Waals surface area contributed by atoms with Gasteiger partial charge in [0, 0.05) is 12.1 Å². The van der Waals surface area contributed by atoms with E-state index in [2.05, 4.69) is 35.2 Å². The highest BCUT2D eigenvalue weighted by molar-refractivity contribution is 5.85. The zero-order valence-electron chi connectivity index (χ0n) is 13.5. The van der Waals surface area contributed by atoms with Crippen LogP contribution in [0.15, 0.2) is 30.3 Å². The lowest BCUT2D eigenvalue weighted by Crippen LogP contribution is -2.35. The van der Waals surface area contributed by atoms with Gasteiger partial charge in [0.25, 0.3) is 0 Å². The molecule has 0 saturated carbocycles. The molecule has 0 N–H and O–H groups in total. The normalized spacial score (nSPS) is 28.6. The van der Waals surface area contributed by atoms with Crippen molar-refractivity contribution in [2.24, 2.45) is 0 Å². The minimum absolute atomic E-state index is 0. The second kappa shape index (κ2) is 7.19. The first kappa shape index (κ1) is 16.1. The van der Waals surface area contributed by atoms with Crippen LogP contribution in [0.25, 0.3) is 5.57 Å². The zero-order chi connectivity index (χ0) is 14.1. The molecule has 2 aliphatic heterocycles. The maximum Gasteiger partial charge on any atom is 0.0351 e. The number of hydrogen-bond acceptors (Lipinski definition) is 1. The summed E-state index contributed by atoms with van der Waals surface area (Å²) in [5, 5.41) is 0.